The van der Waals surface area contributed by atoms with E-state index in [9.17, 15) is 9.59 Å². The Hall–Kier alpha value is -3.79. The van der Waals surface area contributed by atoms with Crippen molar-refractivity contribution in [3.05, 3.63) is 181 Å². The SMILES string of the molecule is O=C(N[C@@H]1CCCC[C@H]1NC(=O)c1ccccc1P(c1ccccc1)c1ccccc1)c1ccccc1P(c1ccccc1)c1ccccc1.[Cl][Co][Cl]. The molecule has 0 unspecified atom stereocenters. The van der Waals surface area contributed by atoms with E-state index in [1.807, 2.05) is 60.7 Å². The molecule has 9 heteroatoms. The van der Waals surface area contributed by atoms with Crippen LogP contribution in [-0.4, -0.2) is 23.9 Å². The van der Waals surface area contributed by atoms with Crippen molar-refractivity contribution in [2.45, 2.75) is 37.8 Å². The minimum atomic E-state index is -0.955. The van der Waals surface area contributed by atoms with Crippen LogP contribution in [0.1, 0.15) is 46.4 Å². The summed E-state index contributed by atoms with van der Waals surface area (Å²) >= 11 is 0.382. The maximum atomic E-state index is 14.2. The summed E-state index contributed by atoms with van der Waals surface area (Å²) < 4.78 is 0. The summed E-state index contributed by atoms with van der Waals surface area (Å²) in [5.74, 6) is -0.189. The van der Waals surface area contributed by atoms with Crippen LogP contribution in [-0.2, 0) is 12.9 Å². The summed E-state index contributed by atoms with van der Waals surface area (Å²) in [6.45, 7) is 0. The zero-order valence-electron chi connectivity index (χ0n) is 28.9. The van der Waals surface area contributed by atoms with Gasteiger partial charge in [-0.25, -0.2) is 0 Å². The molecule has 1 aliphatic carbocycles. The Morgan fingerprint density at radius 3 is 1.02 bits per heavy atom. The van der Waals surface area contributed by atoms with Crippen molar-refractivity contribution in [3.8, 4) is 0 Å². The summed E-state index contributed by atoms with van der Waals surface area (Å²) in [7, 11) is 7.56. The molecule has 1 aliphatic rings. The van der Waals surface area contributed by atoms with Crippen LogP contribution in [0.5, 0.6) is 0 Å². The van der Waals surface area contributed by atoms with Gasteiger partial charge < -0.3 is 10.6 Å². The van der Waals surface area contributed by atoms with Gasteiger partial charge in [-0.1, -0.05) is 171 Å². The van der Waals surface area contributed by atoms with Crippen LogP contribution in [0.25, 0.3) is 0 Å². The van der Waals surface area contributed by atoms with Crippen LogP contribution in [0.4, 0.5) is 0 Å². The average Bonchev–Trinajstić information content (AvgIpc) is 3.21. The van der Waals surface area contributed by atoms with Gasteiger partial charge in [0.25, 0.3) is 11.8 Å². The molecule has 0 heterocycles. The van der Waals surface area contributed by atoms with E-state index >= 15 is 0 Å². The Bertz CT molecular complexity index is 1830. The van der Waals surface area contributed by atoms with Crippen molar-refractivity contribution in [2.75, 3.05) is 0 Å². The first-order chi connectivity index (χ1) is 26.1. The van der Waals surface area contributed by atoms with E-state index in [1.54, 1.807) is 0 Å². The topological polar surface area (TPSA) is 58.2 Å². The Morgan fingerprint density at radius 1 is 0.453 bits per heavy atom. The summed E-state index contributed by atoms with van der Waals surface area (Å²) in [6, 6.07) is 57.5. The Balaban J connectivity index is 0.00000155. The number of benzene rings is 6. The predicted octanol–water partition coefficient (Wildman–Crippen LogP) is 8.05. The van der Waals surface area contributed by atoms with Crippen molar-refractivity contribution >= 4 is 79.8 Å². The zero-order chi connectivity index (χ0) is 36.8. The van der Waals surface area contributed by atoms with Crippen molar-refractivity contribution < 1.29 is 22.5 Å². The Labute approximate surface area is 329 Å². The molecule has 0 saturated heterocycles. The zero-order valence-corrected chi connectivity index (χ0v) is 33.3. The minimum absolute atomic E-state index is 0.0943. The van der Waals surface area contributed by atoms with Gasteiger partial charge in [-0.2, -0.15) is 0 Å². The van der Waals surface area contributed by atoms with Crippen molar-refractivity contribution in [3.63, 3.8) is 0 Å². The quantitative estimate of drug-likeness (QED) is 0.138. The number of nitrogens with one attached hydrogen (secondary N) is 2. The van der Waals surface area contributed by atoms with Crippen LogP contribution in [0.3, 0.4) is 0 Å². The van der Waals surface area contributed by atoms with E-state index in [0.29, 0.717) is 24.0 Å². The molecule has 1 saturated carbocycles. The molecule has 53 heavy (non-hydrogen) atoms. The van der Waals surface area contributed by atoms with Gasteiger partial charge in [-0.3, -0.25) is 9.59 Å². The number of hydrogen-bond donors (Lipinski definition) is 2. The number of amides is 2. The molecular weight excluding hydrogens is 780 g/mol. The second-order valence-corrected chi connectivity index (χ2v) is 18.6. The van der Waals surface area contributed by atoms with E-state index in [0.717, 1.165) is 36.3 Å². The van der Waals surface area contributed by atoms with Gasteiger partial charge in [0.15, 0.2) is 0 Å². The molecule has 6 aromatic rings. The van der Waals surface area contributed by atoms with E-state index in [4.69, 9.17) is 20.3 Å². The first-order valence-electron chi connectivity index (χ1n) is 17.5. The van der Waals surface area contributed by atoms with Crippen LogP contribution in [0.2, 0.25) is 0 Å². The Kier molecular flexibility index (Phi) is 14.7. The third kappa shape index (κ3) is 10.0. The van der Waals surface area contributed by atoms with Crippen LogP contribution < -0.4 is 42.5 Å². The standard InChI is InChI=1S/C44H40N2O2P2.2ClH.Co/c47-43(37-27-13-17-31-41(37)49(33-19-5-1-6-20-33)34-21-7-2-8-22-34)45-39-29-15-16-30-40(39)46-44(48)38-28-14-18-32-42(38)50(35-23-9-3-10-24-35)36-25-11-4-12-26-36;;;/h1-14,17-28,31-32,39-40H,15-16,29-30H2,(H,45,47)(H,46,48);2*1H;/q;;;+2/p-2/t39-,40-;;;/m1.../s1. The number of carbonyl (C=O) groups excluding carboxylic acids is 2. The summed E-state index contributed by atoms with van der Waals surface area (Å²) in [5, 5.41) is 13.6. The summed E-state index contributed by atoms with van der Waals surface area (Å²) in [5.41, 5.74) is 1.37. The first-order valence-corrected chi connectivity index (χ1v) is 23.1. The molecule has 0 aliphatic heterocycles. The first kappa shape index (κ1) is 38.9. The van der Waals surface area contributed by atoms with Gasteiger partial charge in [0.05, 0.1) is 0 Å². The van der Waals surface area contributed by atoms with E-state index in [1.165, 1.54) is 21.2 Å². The normalized spacial score (nSPS) is 15.3. The molecule has 0 bridgehead atoms. The molecule has 271 valence electrons. The van der Waals surface area contributed by atoms with Crippen molar-refractivity contribution in [1.29, 1.82) is 0 Å². The number of hydrogen-bond acceptors (Lipinski definition) is 2. The van der Waals surface area contributed by atoms with Gasteiger partial charge in [0.1, 0.15) is 0 Å². The van der Waals surface area contributed by atoms with E-state index in [2.05, 4.69) is 120 Å². The Morgan fingerprint density at radius 2 is 0.717 bits per heavy atom. The van der Waals surface area contributed by atoms with Crippen molar-refractivity contribution in [1.82, 2.24) is 10.6 Å². The summed E-state index contributed by atoms with van der Waals surface area (Å²) in [6.07, 6.45) is 3.63. The predicted molar refractivity (Wildman–Crippen MR) is 223 cm³/mol. The molecule has 7 rings (SSSR count). The third-order valence-corrected chi connectivity index (χ3v) is 14.2. The number of carbonyl (C=O) groups is 2. The van der Waals surface area contributed by atoms with Crippen LogP contribution in [0.15, 0.2) is 170 Å². The molecule has 2 N–H and O–H groups in total. The van der Waals surface area contributed by atoms with Gasteiger partial charge in [-0.15, -0.1) is 0 Å². The fourth-order valence-electron chi connectivity index (χ4n) is 6.85. The molecule has 4 nitrogen and oxygen atoms in total. The van der Waals surface area contributed by atoms with Crippen LogP contribution >= 0.6 is 36.1 Å². The molecular formula is C44H40Cl2CoN2O2P2. The van der Waals surface area contributed by atoms with Gasteiger partial charge in [0, 0.05) is 23.2 Å². The molecule has 6 aromatic carbocycles. The van der Waals surface area contributed by atoms with E-state index in [-0.39, 0.29) is 23.9 Å². The van der Waals surface area contributed by atoms with Crippen LogP contribution in [0, 0.1) is 0 Å². The maximum absolute atomic E-state index is 14.2. The van der Waals surface area contributed by atoms with E-state index < -0.39 is 15.8 Å². The van der Waals surface area contributed by atoms with Gasteiger partial charge >= 0.3 is 33.2 Å². The molecule has 0 aromatic heterocycles. The molecule has 0 radical (unpaired) electrons. The average molecular weight is 821 g/mol. The fourth-order valence-corrected chi connectivity index (χ4v) is 11.7. The fraction of sp³-hybridized carbons (Fsp3) is 0.136. The third-order valence-electron chi connectivity index (χ3n) is 9.24. The summed E-state index contributed by atoms with van der Waals surface area (Å²) in [4.78, 5) is 28.5. The van der Waals surface area contributed by atoms with Gasteiger partial charge in [-0.05, 0) is 72.6 Å². The monoisotopic (exact) mass is 819 g/mol. The second kappa shape index (κ2) is 20.0. The number of halogens is 2. The van der Waals surface area contributed by atoms with Gasteiger partial charge in [0.2, 0.25) is 0 Å². The molecule has 1 fully saturated rings. The molecule has 0 spiro atoms. The molecule has 2 atom stereocenters. The number of rotatable bonds is 10. The second-order valence-electron chi connectivity index (χ2n) is 12.5. The van der Waals surface area contributed by atoms with Crippen molar-refractivity contribution in [2.24, 2.45) is 0 Å². The molecule has 2 amide bonds.